The van der Waals surface area contributed by atoms with Crippen molar-refractivity contribution in [3.63, 3.8) is 0 Å². The van der Waals surface area contributed by atoms with Crippen LogP contribution in [0.5, 0.6) is 0 Å². The Morgan fingerprint density at radius 1 is 1.00 bits per heavy atom. The van der Waals surface area contributed by atoms with E-state index in [-0.39, 0.29) is 23.7 Å². The highest BCUT2D eigenvalue weighted by Crippen LogP contribution is 2.23. The van der Waals surface area contributed by atoms with Gasteiger partial charge in [-0.05, 0) is 30.3 Å². The Labute approximate surface area is 172 Å². The number of hydrogen-bond donors (Lipinski definition) is 2. The summed E-state index contributed by atoms with van der Waals surface area (Å²) in [5, 5.41) is 15.8. The first-order chi connectivity index (χ1) is 14.4. The summed E-state index contributed by atoms with van der Waals surface area (Å²) >= 11 is 0. The van der Waals surface area contributed by atoms with E-state index in [4.69, 9.17) is 0 Å². The number of carbonyl (C=O) groups is 2. The van der Waals surface area contributed by atoms with E-state index in [0.717, 1.165) is 31.9 Å². The molecule has 1 saturated heterocycles. The van der Waals surface area contributed by atoms with Crippen LogP contribution in [0.1, 0.15) is 0 Å². The molecule has 0 aliphatic carbocycles. The van der Waals surface area contributed by atoms with Gasteiger partial charge in [0.15, 0.2) is 0 Å². The van der Waals surface area contributed by atoms with Gasteiger partial charge in [-0.2, -0.15) is 0 Å². The molecule has 0 spiro atoms. The zero-order chi connectivity index (χ0) is 21.5. The number of anilines is 2. The molecule has 0 aromatic heterocycles. The van der Waals surface area contributed by atoms with Crippen LogP contribution in [0.3, 0.4) is 0 Å². The first kappa shape index (κ1) is 21.2. The Kier molecular flexibility index (Phi) is 6.91. The number of benzene rings is 2. The number of nitro benzene ring substituents is 1. The zero-order valence-electron chi connectivity index (χ0n) is 16.2. The van der Waals surface area contributed by atoms with Crippen LogP contribution >= 0.6 is 0 Å². The number of piperazine rings is 1. The number of nitrogens with one attached hydrogen (secondary N) is 2. The molecule has 2 N–H and O–H groups in total. The summed E-state index contributed by atoms with van der Waals surface area (Å²) in [4.78, 5) is 38.7. The Balaban J connectivity index is 1.40. The van der Waals surface area contributed by atoms with Crippen LogP contribution in [0, 0.1) is 15.9 Å². The van der Waals surface area contributed by atoms with E-state index in [0.29, 0.717) is 6.54 Å². The Bertz CT molecular complexity index is 914. The minimum Gasteiger partial charge on any atom is -0.369 e. The SMILES string of the molecule is O=C(NCCN1CCN(c2ccc(F)cc2)CC1)C(=O)Nc1ccccc1[N+](=O)[O-]. The second-order valence-corrected chi connectivity index (χ2v) is 6.79. The fraction of sp³-hybridized carbons (Fsp3) is 0.300. The second kappa shape index (κ2) is 9.79. The third-order valence-electron chi connectivity index (χ3n) is 4.83. The summed E-state index contributed by atoms with van der Waals surface area (Å²) in [5.41, 5.74) is 0.660. The number of halogens is 1. The normalized spacial score (nSPS) is 14.2. The summed E-state index contributed by atoms with van der Waals surface area (Å²) in [7, 11) is 0. The molecule has 0 unspecified atom stereocenters. The Hall–Kier alpha value is -3.53. The maximum Gasteiger partial charge on any atom is 0.313 e. The van der Waals surface area contributed by atoms with Gasteiger partial charge < -0.3 is 15.5 Å². The average Bonchev–Trinajstić information content (AvgIpc) is 2.75. The van der Waals surface area contributed by atoms with Crippen molar-refractivity contribution >= 4 is 28.9 Å². The van der Waals surface area contributed by atoms with Crippen molar-refractivity contribution in [1.82, 2.24) is 10.2 Å². The monoisotopic (exact) mass is 415 g/mol. The molecule has 30 heavy (non-hydrogen) atoms. The maximum atomic E-state index is 13.0. The number of para-hydroxylation sites is 2. The molecule has 1 aliphatic heterocycles. The predicted molar refractivity (Wildman–Crippen MR) is 110 cm³/mol. The van der Waals surface area contributed by atoms with Crippen molar-refractivity contribution in [1.29, 1.82) is 0 Å². The summed E-state index contributed by atoms with van der Waals surface area (Å²) < 4.78 is 13.0. The van der Waals surface area contributed by atoms with Crippen molar-refractivity contribution in [3.8, 4) is 0 Å². The molecule has 1 heterocycles. The van der Waals surface area contributed by atoms with E-state index in [2.05, 4.69) is 20.4 Å². The van der Waals surface area contributed by atoms with Crippen LogP contribution in [-0.2, 0) is 9.59 Å². The molecular weight excluding hydrogens is 393 g/mol. The molecule has 0 bridgehead atoms. The smallest absolute Gasteiger partial charge is 0.313 e. The van der Waals surface area contributed by atoms with Crippen molar-refractivity contribution in [3.05, 3.63) is 64.5 Å². The molecule has 0 atom stereocenters. The number of nitrogens with zero attached hydrogens (tertiary/aromatic N) is 3. The van der Waals surface area contributed by atoms with E-state index in [9.17, 15) is 24.1 Å². The maximum absolute atomic E-state index is 13.0. The number of amides is 2. The van der Waals surface area contributed by atoms with Crippen LogP contribution in [0.4, 0.5) is 21.5 Å². The zero-order valence-corrected chi connectivity index (χ0v) is 16.2. The van der Waals surface area contributed by atoms with Crippen molar-refractivity contribution < 1.29 is 18.9 Å². The fourth-order valence-electron chi connectivity index (χ4n) is 3.21. The van der Waals surface area contributed by atoms with E-state index in [1.165, 1.54) is 36.4 Å². The molecular formula is C20H22FN5O4. The largest absolute Gasteiger partial charge is 0.369 e. The van der Waals surface area contributed by atoms with Gasteiger partial charge in [0.05, 0.1) is 4.92 Å². The van der Waals surface area contributed by atoms with Crippen LogP contribution in [0.15, 0.2) is 48.5 Å². The lowest BCUT2D eigenvalue weighted by atomic mass is 10.2. The number of hydrogen-bond acceptors (Lipinski definition) is 6. The second-order valence-electron chi connectivity index (χ2n) is 6.79. The van der Waals surface area contributed by atoms with E-state index < -0.39 is 16.7 Å². The highest BCUT2D eigenvalue weighted by molar-refractivity contribution is 6.39. The lowest BCUT2D eigenvalue weighted by Gasteiger charge is -2.36. The summed E-state index contributed by atoms with van der Waals surface area (Å²) in [6.45, 7) is 3.95. The third kappa shape index (κ3) is 5.51. The molecule has 2 amide bonds. The number of carbonyl (C=O) groups excluding carboxylic acids is 2. The van der Waals surface area contributed by atoms with Gasteiger partial charge in [-0.1, -0.05) is 12.1 Å². The van der Waals surface area contributed by atoms with Gasteiger partial charge in [0, 0.05) is 51.0 Å². The molecule has 1 fully saturated rings. The quantitative estimate of drug-likeness (QED) is 0.422. The fourth-order valence-corrected chi connectivity index (χ4v) is 3.21. The van der Waals surface area contributed by atoms with Crippen LogP contribution in [0.25, 0.3) is 0 Å². The minimum atomic E-state index is -0.953. The molecule has 158 valence electrons. The van der Waals surface area contributed by atoms with E-state index >= 15 is 0 Å². The standard InChI is InChI=1S/C20H22FN5O4/c21-15-5-7-16(8-6-15)25-13-11-24(12-14-25)10-9-22-19(27)20(28)23-17-3-1-2-4-18(17)26(29)30/h1-8H,9-14H2,(H,22,27)(H,23,28). The number of nitro groups is 1. The molecule has 1 aliphatic rings. The highest BCUT2D eigenvalue weighted by atomic mass is 19.1. The molecule has 2 aromatic rings. The minimum absolute atomic E-state index is 0.0282. The van der Waals surface area contributed by atoms with Gasteiger partial charge in [0.25, 0.3) is 5.69 Å². The summed E-state index contributed by atoms with van der Waals surface area (Å²) in [6, 6.07) is 12.0. The van der Waals surface area contributed by atoms with Gasteiger partial charge in [-0.15, -0.1) is 0 Å². The van der Waals surface area contributed by atoms with Crippen molar-refractivity contribution in [2.24, 2.45) is 0 Å². The molecule has 0 saturated carbocycles. The number of rotatable bonds is 6. The molecule has 10 heteroatoms. The topological polar surface area (TPSA) is 108 Å². The van der Waals surface area contributed by atoms with Crippen molar-refractivity contribution in [2.75, 3.05) is 49.5 Å². The predicted octanol–water partition coefficient (Wildman–Crippen LogP) is 1.61. The van der Waals surface area contributed by atoms with Crippen LogP contribution < -0.4 is 15.5 Å². The Morgan fingerprint density at radius 3 is 2.33 bits per heavy atom. The molecule has 0 radical (unpaired) electrons. The average molecular weight is 415 g/mol. The lowest BCUT2D eigenvalue weighted by Crippen LogP contribution is -2.49. The van der Waals surface area contributed by atoms with Gasteiger partial charge >= 0.3 is 11.8 Å². The van der Waals surface area contributed by atoms with E-state index in [1.54, 1.807) is 12.1 Å². The van der Waals surface area contributed by atoms with Gasteiger partial charge in [0.2, 0.25) is 0 Å². The molecule has 2 aromatic carbocycles. The first-order valence-electron chi connectivity index (χ1n) is 9.49. The summed E-state index contributed by atoms with van der Waals surface area (Å²) in [6.07, 6.45) is 0. The first-order valence-corrected chi connectivity index (χ1v) is 9.49. The molecule has 3 rings (SSSR count). The van der Waals surface area contributed by atoms with Gasteiger partial charge in [0.1, 0.15) is 11.5 Å². The highest BCUT2D eigenvalue weighted by Gasteiger charge is 2.20. The van der Waals surface area contributed by atoms with Gasteiger partial charge in [-0.3, -0.25) is 24.6 Å². The Morgan fingerprint density at radius 2 is 1.67 bits per heavy atom. The van der Waals surface area contributed by atoms with Crippen molar-refractivity contribution in [2.45, 2.75) is 0 Å². The lowest BCUT2D eigenvalue weighted by molar-refractivity contribution is -0.383. The molecule has 9 nitrogen and oxygen atoms in total. The van der Waals surface area contributed by atoms with Crippen LogP contribution in [0.2, 0.25) is 0 Å². The summed E-state index contributed by atoms with van der Waals surface area (Å²) in [5.74, 6) is -2.07. The third-order valence-corrected chi connectivity index (χ3v) is 4.83. The van der Waals surface area contributed by atoms with Crippen LogP contribution in [-0.4, -0.2) is 60.9 Å². The van der Waals surface area contributed by atoms with Gasteiger partial charge in [-0.25, -0.2) is 4.39 Å². The van der Waals surface area contributed by atoms with E-state index in [1.807, 2.05) is 0 Å².